The predicted octanol–water partition coefficient (Wildman–Crippen LogP) is 5.01. The smallest absolute Gasteiger partial charge is 0.317 e. The molecule has 2 heterocycles. The quantitative estimate of drug-likeness (QED) is 0.509. The van der Waals surface area contributed by atoms with Crippen molar-refractivity contribution in [3.05, 3.63) is 86.1 Å². The van der Waals surface area contributed by atoms with Gasteiger partial charge in [0.25, 0.3) is 0 Å². The van der Waals surface area contributed by atoms with Crippen LogP contribution in [-0.2, 0) is 18.6 Å². The number of hydrogen-bond donors (Lipinski definition) is 2. The summed E-state index contributed by atoms with van der Waals surface area (Å²) in [5, 5.41) is 13.6. The highest BCUT2D eigenvalue weighted by molar-refractivity contribution is 5.74. The van der Waals surface area contributed by atoms with E-state index in [4.69, 9.17) is 4.74 Å². The van der Waals surface area contributed by atoms with Crippen LogP contribution in [0.2, 0.25) is 0 Å². The van der Waals surface area contributed by atoms with Gasteiger partial charge in [-0.25, -0.2) is 9.18 Å². The Balaban J connectivity index is 1.90. The van der Waals surface area contributed by atoms with Crippen molar-refractivity contribution in [3.8, 4) is 17.2 Å². The van der Waals surface area contributed by atoms with Crippen LogP contribution in [0.15, 0.2) is 41.3 Å². The molecular weight excluding hydrogens is 473 g/mol. The second-order valence-electron chi connectivity index (χ2n) is 10.2. The Morgan fingerprint density at radius 1 is 1.14 bits per heavy atom. The fraction of sp³-hybridized carbons (Fsp3) is 0.379. The number of halogens is 1. The topological polar surface area (TPSA) is 83.8 Å². The lowest BCUT2D eigenvalue weighted by Crippen LogP contribution is -2.45. The van der Waals surface area contributed by atoms with Crippen molar-refractivity contribution in [2.45, 2.75) is 60.1 Å². The maximum atomic E-state index is 13.9. The van der Waals surface area contributed by atoms with E-state index >= 15 is 0 Å². The van der Waals surface area contributed by atoms with Gasteiger partial charge in [-0.1, -0.05) is 6.07 Å². The maximum Gasteiger partial charge on any atom is 0.317 e. The highest BCUT2D eigenvalue weighted by Gasteiger charge is 2.27. The number of benzene rings is 2. The van der Waals surface area contributed by atoms with Gasteiger partial charge >= 0.3 is 6.03 Å². The molecule has 4 rings (SSSR count). The first-order chi connectivity index (χ1) is 17.4. The molecule has 1 aromatic heterocycles. The van der Waals surface area contributed by atoms with E-state index in [0.29, 0.717) is 64.5 Å². The summed E-state index contributed by atoms with van der Waals surface area (Å²) < 4.78 is 22.2. The maximum absolute atomic E-state index is 13.9. The zero-order chi connectivity index (χ0) is 27.1. The van der Waals surface area contributed by atoms with Gasteiger partial charge in [0.2, 0.25) is 0 Å². The molecule has 196 valence electrons. The van der Waals surface area contributed by atoms with Crippen molar-refractivity contribution in [1.82, 2.24) is 14.8 Å². The van der Waals surface area contributed by atoms with E-state index in [-0.39, 0.29) is 23.8 Å². The van der Waals surface area contributed by atoms with Crippen molar-refractivity contribution in [1.29, 1.82) is 0 Å². The second-order valence-corrected chi connectivity index (χ2v) is 10.2. The lowest BCUT2D eigenvalue weighted by Gasteiger charge is -2.31. The van der Waals surface area contributed by atoms with Gasteiger partial charge in [0.15, 0.2) is 11.2 Å². The van der Waals surface area contributed by atoms with E-state index in [1.165, 1.54) is 12.1 Å². The molecule has 7 nitrogen and oxygen atoms in total. The molecule has 2 amide bonds. The first-order valence-corrected chi connectivity index (χ1v) is 12.5. The molecule has 2 aromatic carbocycles. The van der Waals surface area contributed by atoms with Gasteiger partial charge in [-0.2, -0.15) is 0 Å². The molecule has 0 bridgehead atoms. The summed E-state index contributed by atoms with van der Waals surface area (Å²) in [5.41, 5.74) is 3.32. The lowest BCUT2D eigenvalue weighted by molar-refractivity contribution is 0.0785. The summed E-state index contributed by atoms with van der Waals surface area (Å²) in [6, 6.07) is 8.09. The molecule has 1 aliphatic heterocycles. The van der Waals surface area contributed by atoms with Gasteiger partial charge in [-0.15, -0.1) is 0 Å². The number of urea groups is 1. The number of hydrogen-bond acceptors (Lipinski definition) is 4. The van der Waals surface area contributed by atoms with Gasteiger partial charge < -0.3 is 24.6 Å². The van der Waals surface area contributed by atoms with E-state index in [1.807, 2.05) is 17.6 Å². The van der Waals surface area contributed by atoms with Gasteiger partial charge in [-0.3, -0.25) is 4.79 Å². The Hall–Kier alpha value is -3.65. The average molecular weight is 508 g/mol. The minimum absolute atomic E-state index is 0.0911. The molecule has 3 aromatic rings. The molecule has 0 aliphatic carbocycles. The summed E-state index contributed by atoms with van der Waals surface area (Å²) in [5.74, 6) is 0.719. The van der Waals surface area contributed by atoms with Crippen molar-refractivity contribution in [2.24, 2.45) is 0 Å². The number of nitrogens with zero attached hydrogens (tertiary/aromatic N) is 2. The number of carbonyl (C=O) groups excluding carboxylic acids is 1. The largest absolute Gasteiger partial charge is 0.455 e. The summed E-state index contributed by atoms with van der Waals surface area (Å²) in [4.78, 5) is 27.3. The molecule has 0 saturated heterocycles. The summed E-state index contributed by atoms with van der Waals surface area (Å²) >= 11 is 0. The minimum atomic E-state index is -1.11. The van der Waals surface area contributed by atoms with Crippen LogP contribution >= 0.6 is 0 Å². The molecule has 0 saturated carbocycles. The summed E-state index contributed by atoms with van der Waals surface area (Å²) in [7, 11) is 0. The van der Waals surface area contributed by atoms with E-state index in [0.717, 1.165) is 5.69 Å². The molecule has 8 heteroatoms. The third-order valence-electron chi connectivity index (χ3n) is 6.74. The highest BCUT2D eigenvalue weighted by Crippen LogP contribution is 2.37. The summed E-state index contributed by atoms with van der Waals surface area (Å²) in [6.45, 7) is 11.8. The monoisotopic (exact) mass is 507 g/mol. The molecule has 2 N–H and O–H groups in total. The van der Waals surface area contributed by atoms with Crippen molar-refractivity contribution >= 4 is 6.03 Å². The average Bonchev–Trinajstić information content (AvgIpc) is 2.83. The molecule has 0 atom stereocenters. The number of aliphatic hydroxyl groups is 1. The van der Waals surface area contributed by atoms with E-state index in [9.17, 15) is 19.1 Å². The zero-order valence-corrected chi connectivity index (χ0v) is 22.2. The lowest BCUT2D eigenvalue weighted by atomic mass is 9.96. The molecule has 0 unspecified atom stereocenters. The number of fused-ring (bicyclic) bond motifs is 1. The third-order valence-corrected chi connectivity index (χ3v) is 6.74. The van der Waals surface area contributed by atoms with Crippen LogP contribution in [0.4, 0.5) is 9.18 Å². The molecule has 1 aliphatic rings. The van der Waals surface area contributed by atoms with Crippen LogP contribution in [-0.4, -0.2) is 33.7 Å². The van der Waals surface area contributed by atoms with Crippen LogP contribution < -0.4 is 15.5 Å². The van der Waals surface area contributed by atoms with Crippen LogP contribution in [0.3, 0.4) is 0 Å². The standard InChI is InChI=1S/C29H34FN3O4/c1-7-31-28(35)32-11-10-23-22(16-32)26(34)19(4)15-33(23)24-14-20(29(5,6)36)8-9-25(24)37-27-17(2)12-21(30)13-18(27)3/h8-9,12-15,36H,7,10-11,16H2,1-6H3,(H,31,35). The van der Waals surface area contributed by atoms with Gasteiger partial charge in [-0.05, 0) is 82.5 Å². The molecule has 37 heavy (non-hydrogen) atoms. The molecule has 0 radical (unpaired) electrons. The van der Waals surface area contributed by atoms with Crippen molar-refractivity contribution in [2.75, 3.05) is 13.1 Å². The first kappa shape index (κ1) is 26.4. The molecule has 0 fully saturated rings. The Morgan fingerprint density at radius 3 is 2.43 bits per heavy atom. The van der Waals surface area contributed by atoms with E-state index in [1.54, 1.807) is 57.8 Å². The van der Waals surface area contributed by atoms with E-state index < -0.39 is 5.60 Å². The number of carbonyl (C=O) groups is 1. The summed E-state index contributed by atoms with van der Waals surface area (Å²) in [6.07, 6.45) is 2.26. The molecular formula is C29H34FN3O4. The number of aryl methyl sites for hydroxylation is 3. The number of amides is 2. The third kappa shape index (κ3) is 5.25. The highest BCUT2D eigenvalue weighted by atomic mass is 19.1. The Bertz CT molecular complexity index is 1400. The number of ether oxygens (including phenoxy) is 1. The van der Waals surface area contributed by atoms with Crippen molar-refractivity contribution in [3.63, 3.8) is 0 Å². The van der Waals surface area contributed by atoms with Gasteiger partial charge in [0.05, 0.1) is 17.8 Å². The second kappa shape index (κ2) is 10.0. The molecule has 0 spiro atoms. The number of aromatic nitrogens is 1. The van der Waals surface area contributed by atoms with E-state index in [2.05, 4.69) is 5.32 Å². The fourth-order valence-electron chi connectivity index (χ4n) is 4.78. The van der Waals surface area contributed by atoms with Gasteiger partial charge in [0.1, 0.15) is 11.6 Å². The number of pyridine rings is 1. The Labute approximate surface area is 216 Å². The minimum Gasteiger partial charge on any atom is -0.455 e. The Morgan fingerprint density at radius 2 is 1.81 bits per heavy atom. The van der Waals surface area contributed by atoms with Crippen molar-refractivity contribution < 1.29 is 19.0 Å². The van der Waals surface area contributed by atoms with Crippen LogP contribution in [0.25, 0.3) is 5.69 Å². The fourth-order valence-corrected chi connectivity index (χ4v) is 4.78. The van der Waals surface area contributed by atoms with Gasteiger partial charge in [0, 0.05) is 42.5 Å². The van der Waals surface area contributed by atoms with Crippen LogP contribution in [0.5, 0.6) is 11.5 Å². The first-order valence-electron chi connectivity index (χ1n) is 12.5. The van der Waals surface area contributed by atoms with Crippen LogP contribution in [0.1, 0.15) is 54.3 Å². The predicted molar refractivity (Wildman–Crippen MR) is 141 cm³/mol. The van der Waals surface area contributed by atoms with Crippen LogP contribution in [0, 0.1) is 26.6 Å². The SMILES string of the molecule is CCNC(=O)N1CCc2c(c(=O)c(C)cn2-c2cc(C(C)(C)O)ccc2Oc2c(C)cc(F)cc2C)C1. The number of nitrogens with one attached hydrogen (secondary N) is 1. The number of rotatable bonds is 5. The zero-order valence-electron chi connectivity index (χ0n) is 22.2. The normalized spacial score (nSPS) is 13.4. The Kier molecular flexibility index (Phi) is 7.15.